The molecule has 1 aliphatic rings. The van der Waals surface area contributed by atoms with Crippen molar-refractivity contribution in [2.24, 2.45) is 4.99 Å². The number of aliphatic imine (C=N–C) groups is 1. The third-order valence-electron chi connectivity index (χ3n) is 4.31. The van der Waals surface area contributed by atoms with Crippen LogP contribution >= 0.6 is 0 Å². The van der Waals surface area contributed by atoms with Crippen LogP contribution in [0, 0.1) is 0 Å². The maximum absolute atomic E-state index is 5.44. The van der Waals surface area contributed by atoms with Gasteiger partial charge >= 0.3 is 0 Å². The molecule has 0 radical (unpaired) electrons. The second-order valence-electron chi connectivity index (χ2n) is 6.07. The molecule has 1 aliphatic heterocycles. The minimum atomic E-state index is 0.771. The monoisotopic (exact) mass is 364 g/mol. The molecule has 0 unspecified atom stereocenters. The van der Waals surface area contributed by atoms with E-state index in [4.69, 9.17) is 14.2 Å². The number of morpholine rings is 1. The number of benzene rings is 1. The van der Waals surface area contributed by atoms with Crippen molar-refractivity contribution in [1.29, 1.82) is 0 Å². The molecule has 0 bridgehead atoms. The van der Waals surface area contributed by atoms with E-state index in [0.29, 0.717) is 0 Å². The molecule has 1 heterocycles. The zero-order valence-electron chi connectivity index (χ0n) is 16.2. The summed E-state index contributed by atoms with van der Waals surface area (Å²) in [5.41, 5.74) is 1.11. The molecule has 26 heavy (non-hydrogen) atoms. The first-order valence-corrected chi connectivity index (χ1v) is 9.30. The van der Waals surface area contributed by atoms with Crippen LogP contribution in [0.5, 0.6) is 11.5 Å². The van der Waals surface area contributed by atoms with Crippen molar-refractivity contribution in [2.75, 3.05) is 66.7 Å². The number of nitrogens with one attached hydrogen (secondary N) is 2. The van der Waals surface area contributed by atoms with Crippen molar-refractivity contribution in [3.8, 4) is 11.5 Å². The highest BCUT2D eigenvalue weighted by atomic mass is 16.5. The third kappa shape index (κ3) is 6.72. The van der Waals surface area contributed by atoms with Gasteiger partial charge in [0.1, 0.15) is 11.5 Å². The van der Waals surface area contributed by atoms with E-state index in [2.05, 4.69) is 27.4 Å². The van der Waals surface area contributed by atoms with E-state index in [1.165, 1.54) is 0 Å². The third-order valence-corrected chi connectivity index (χ3v) is 4.31. The fourth-order valence-corrected chi connectivity index (χ4v) is 2.86. The Kier molecular flexibility index (Phi) is 9.06. The van der Waals surface area contributed by atoms with Crippen molar-refractivity contribution in [3.05, 3.63) is 23.8 Å². The second kappa shape index (κ2) is 11.6. The number of hydrogen-bond acceptors (Lipinski definition) is 5. The molecule has 1 saturated heterocycles. The highest BCUT2D eigenvalue weighted by molar-refractivity contribution is 5.79. The maximum atomic E-state index is 5.44. The fourth-order valence-electron chi connectivity index (χ4n) is 2.86. The topological polar surface area (TPSA) is 67.4 Å². The lowest BCUT2D eigenvalue weighted by molar-refractivity contribution is 0.0394. The van der Waals surface area contributed by atoms with Crippen LogP contribution in [0.25, 0.3) is 0 Å². The molecule has 0 saturated carbocycles. The molecule has 1 aromatic carbocycles. The van der Waals surface area contributed by atoms with Crippen molar-refractivity contribution in [3.63, 3.8) is 0 Å². The Morgan fingerprint density at radius 3 is 2.69 bits per heavy atom. The summed E-state index contributed by atoms with van der Waals surface area (Å²) in [6, 6.07) is 5.87. The lowest BCUT2D eigenvalue weighted by Crippen LogP contribution is -2.40. The predicted octanol–water partition coefficient (Wildman–Crippen LogP) is 1.13. The van der Waals surface area contributed by atoms with Gasteiger partial charge in [-0.15, -0.1) is 0 Å². The summed E-state index contributed by atoms with van der Waals surface area (Å²) in [5.74, 6) is 2.57. The van der Waals surface area contributed by atoms with Gasteiger partial charge in [0.25, 0.3) is 0 Å². The Morgan fingerprint density at radius 2 is 2.00 bits per heavy atom. The summed E-state index contributed by atoms with van der Waals surface area (Å²) >= 11 is 0. The van der Waals surface area contributed by atoms with Gasteiger partial charge in [0, 0.05) is 32.7 Å². The van der Waals surface area contributed by atoms with Crippen LogP contribution in [0.3, 0.4) is 0 Å². The van der Waals surface area contributed by atoms with Gasteiger partial charge in [-0.3, -0.25) is 9.89 Å². The van der Waals surface area contributed by atoms with Crippen molar-refractivity contribution in [2.45, 2.75) is 13.3 Å². The van der Waals surface area contributed by atoms with Crippen LogP contribution < -0.4 is 20.1 Å². The Balaban J connectivity index is 1.82. The standard InChI is InChI=1S/C19H32N4O3/c1-4-20-19(22-9-10-23-11-13-26-14-12-23)21-8-7-16-15-17(24-2)5-6-18(16)25-3/h5-6,15H,4,7-14H2,1-3H3,(H2,20,21,22). The maximum Gasteiger partial charge on any atom is 0.191 e. The van der Waals surface area contributed by atoms with E-state index in [0.717, 1.165) is 81.9 Å². The molecule has 146 valence electrons. The van der Waals surface area contributed by atoms with E-state index in [-0.39, 0.29) is 0 Å². The molecule has 0 amide bonds. The van der Waals surface area contributed by atoms with Gasteiger partial charge in [0.15, 0.2) is 5.96 Å². The molecule has 0 aliphatic carbocycles. The molecular weight excluding hydrogens is 332 g/mol. The molecule has 1 aromatic rings. The lowest BCUT2D eigenvalue weighted by atomic mass is 10.1. The number of hydrogen-bond donors (Lipinski definition) is 2. The van der Waals surface area contributed by atoms with E-state index in [1.807, 2.05) is 18.2 Å². The first-order chi connectivity index (χ1) is 12.8. The van der Waals surface area contributed by atoms with E-state index in [9.17, 15) is 0 Å². The smallest absolute Gasteiger partial charge is 0.191 e. The average molecular weight is 364 g/mol. The number of methoxy groups -OCH3 is 2. The lowest BCUT2D eigenvalue weighted by Gasteiger charge is -2.25. The number of nitrogens with zero attached hydrogens (tertiary/aromatic N) is 2. The van der Waals surface area contributed by atoms with Crippen LogP contribution in [0.2, 0.25) is 0 Å². The number of ether oxygens (including phenoxy) is 3. The summed E-state index contributed by atoms with van der Waals surface area (Å²) in [6.45, 7) is 9.06. The zero-order valence-corrected chi connectivity index (χ0v) is 16.2. The van der Waals surface area contributed by atoms with Crippen LogP contribution in [0.4, 0.5) is 0 Å². The molecule has 2 N–H and O–H groups in total. The van der Waals surface area contributed by atoms with Crippen LogP contribution in [-0.2, 0) is 11.2 Å². The first-order valence-electron chi connectivity index (χ1n) is 9.30. The molecule has 0 aromatic heterocycles. The van der Waals surface area contributed by atoms with Gasteiger partial charge in [-0.1, -0.05) is 0 Å². The van der Waals surface area contributed by atoms with Gasteiger partial charge in [-0.05, 0) is 37.1 Å². The fraction of sp³-hybridized carbons (Fsp3) is 0.632. The van der Waals surface area contributed by atoms with E-state index < -0.39 is 0 Å². The molecule has 7 nitrogen and oxygen atoms in total. The Hall–Kier alpha value is -1.99. The minimum absolute atomic E-state index is 0.771. The quantitative estimate of drug-likeness (QED) is 0.506. The van der Waals surface area contributed by atoms with Crippen molar-refractivity contribution in [1.82, 2.24) is 15.5 Å². The molecule has 0 spiro atoms. The second-order valence-corrected chi connectivity index (χ2v) is 6.07. The SMILES string of the molecule is CCNC(=NCCN1CCOCC1)NCCc1cc(OC)ccc1OC. The summed E-state index contributed by atoms with van der Waals surface area (Å²) in [4.78, 5) is 7.06. The average Bonchev–Trinajstić information content (AvgIpc) is 2.68. The molecule has 7 heteroatoms. The number of rotatable bonds is 9. The normalized spacial score (nSPS) is 15.6. The van der Waals surface area contributed by atoms with Crippen molar-refractivity contribution < 1.29 is 14.2 Å². The van der Waals surface area contributed by atoms with Gasteiger partial charge < -0.3 is 24.8 Å². The predicted molar refractivity (Wildman–Crippen MR) is 104 cm³/mol. The highest BCUT2D eigenvalue weighted by Crippen LogP contribution is 2.24. The molecule has 2 rings (SSSR count). The van der Waals surface area contributed by atoms with E-state index in [1.54, 1.807) is 14.2 Å². The molecular formula is C19H32N4O3. The van der Waals surface area contributed by atoms with Gasteiger partial charge in [0.2, 0.25) is 0 Å². The molecule has 1 fully saturated rings. The number of guanidine groups is 1. The Labute approximate surface area is 156 Å². The summed E-state index contributed by atoms with van der Waals surface area (Å²) in [6.07, 6.45) is 0.828. The summed E-state index contributed by atoms with van der Waals surface area (Å²) < 4.78 is 16.1. The van der Waals surface area contributed by atoms with Gasteiger partial charge in [-0.25, -0.2) is 0 Å². The van der Waals surface area contributed by atoms with Crippen LogP contribution in [0.1, 0.15) is 12.5 Å². The van der Waals surface area contributed by atoms with Crippen LogP contribution in [-0.4, -0.2) is 77.6 Å². The molecule has 0 atom stereocenters. The highest BCUT2D eigenvalue weighted by Gasteiger charge is 2.09. The Bertz CT molecular complexity index is 560. The van der Waals surface area contributed by atoms with Gasteiger partial charge in [0.05, 0.1) is 34.0 Å². The summed E-state index contributed by atoms with van der Waals surface area (Å²) in [7, 11) is 3.37. The Morgan fingerprint density at radius 1 is 1.19 bits per heavy atom. The first kappa shape index (κ1) is 20.3. The zero-order chi connectivity index (χ0) is 18.6. The minimum Gasteiger partial charge on any atom is -0.497 e. The van der Waals surface area contributed by atoms with E-state index >= 15 is 0 Å². The van der Waals surface area contributed by atoms with Crippen LogP contribution in [0.15, 0.2) is 23.2 Å². The van der Waals surface area contributed by atoms with Gasteiger partial charge in [-0.2, -0.15) is 0 Å². The van der Waals surface area contributed by atoms with Crippen molar-refractivity contribution >= 4 is 5.96 Å². The largest absolute Gasteiger partial charge is 0.497 e. The summed E-state index contributed by atoms with van der Waals surface area (Å²) in [5, 5.41) is 6.69.